The maximum absolute atomic E-state index is 12.5. The Morgan fingerprint density at radius 3 is 3.05 bits per heavy atom. The van der Waals surface area contributed by atoms with Crippen molar-refractivity contribution >= 4 is 11.7 Å². The van der Waals surface area contributed by atoms with Gasteiger partial charge in [-0.15, -0.1) is 0 Å². The molecule has 1 unspecified atom stereocenters. The van der Waals surface area contributed by atoms with E-state index in [1.807, 2.05) is 25.2 Å². The van der Waals surface area contributed by atoms with E-state index in [0.29, 0.717) is 25.3 Å². The van der Waals surface area contributed by atoms with E-state index in [9.17, 15) is 4.79 Å². The molecule has 0 bridgehead atoms. The quantitative estimate of drug-likeness (QED) is 0.915. The Morgan fingerprint density at radius 2 is 2.27 bits per heavy atom. The number of morpholine rings is 1. The number of amides is 1. The molecule has 7 heteroatoms. The molecule has 1 fully saturated rings. The molecule has 2 aromatic heterocycles. The van der Waals surface area contributed by atoms with Gasteiger partial charge in [0.1, 0.15) is 11.9 Å². The van der Waals surface area contributed by atoms with E-state index in [-0.39, 0.29) is 12.0 Å². The zero-order valence-corrected chi connectivity index (χ0v) is 12.3. The number of ether oxygens (including phenoxy) is 1. The smallest absolute Gasteiger partial charge is 0.255 e. The Labute approximate surface area is 128 Å². The Balaban J connectivity index is 1.75. The lowest BCUT2D eigenvalue weighted by atomic mass is 10.1. The van der Waals surface area contributed by atoms with Crippen LogP contribution in [0.2, 0.25) is 0 Å². The summed E-state index contributed by atoms with van der Waals surface area (Å²) in [6.07, 6.45) is 2.77. The van der Waals surface area contributed by atoms with Crippen molar-refractivity contribution in [3.63, 3.8) is 0 Å². The molecule has 7 nitrogen and oxygen atoms in total. The first-order valence-corrected chi connectivity index (χ1v) is 7.10. The number of pyridine rings is 1. The highest BCUT2D eigenvalue weighted by Gasteiger charge is 2.27. The van der Waals surface area contributed by atoms with Gasteiger partial charge < -0.3 is 15.0 Å². The molecule has 0 saturated carbocycles. The van der Waals surface area contributed by atoms with Crippen LogP contribution in [0.3, 0.4) is 0 Å². The Kier molecular flexibility index (Phi) is 4.24. The molecular formula is C15H17N5O2. The first-order chi connectivity index (χ1) is 10.8. The minimum absolute atomic E-state index is 0.0621. The monoisotopic (exact) mass is 299 g/mol. The maximum atomic E-state index is 12.5. The molecule has 1 saturated heterocycles. The van der Waals surface area contributed by atoms with Gasteiger partial charge in [0.15, 0.2) is 0 Å². The Hall–Kier alpha value is -2.54. The van der Waals surface area contributed by atoms with Gasteiger partial charge in [-0.05, 0) is 18.2 Å². The number of nitrogens with zero attached hydrogens (tertiary/aromatic N) is 4. The highest BCUT2D eigenvalue weighted by atomic mass is 16.5. The molecule has 1 aliphatic rings. The maximum Gasteiger partial charge on any atom is 0.255 e. The highest BCUT2D eigenvalue weighted by Crippen LogP contribution is 2.22. The molecule has 1 N–H and O–H groups in total. The van der Waals surface area contributed by atoms with Crippen molar-refractivity contribution in [3.8, 4) is 0 Å². The van der Waals surface area contributed by atoms with Crippen molar-refractivity contribution in [1.29, 1.82) is 0 Å². The minimum Gasteiger partial charge on any atom is -0.373 e. The molecule has 0 aromatic carbocycles. The second-order valence-electron chi connectivity index (χ2n) is 4.94. The van der Waals surface area contributed by atoms with Crippen LogP contribution in [0.5, 0.6) is 0 Å². The molecule has 22 heavy (non-hydrogen) atoms. The summed E-state index contributed by atoms with van der Waals surface area (Å²) < 4.78 is 5.77. The van der Waals surface area contributed by atoms with E-state index in [4.69, 9.17) is 4.74 Å². The molecule has 114 valence electrons. The lowest BCUT2D eigenvalue weighted by Gasteiger charge is -2.32. The average Bonchev–Trinajstić information content (AvgIpc) is 2.62. The van der Waals surface area contributed by atoms with Gasteiger partial charge in [0.2, 0.25) is 0 Å². The van der Waals surface area contributed by atoms with Crippen molar-refractivity contribution in [3.05, 3.63) is 47.9 Å². The topological polar surface area (TPSA) is 80.2 Å². The fourth-order valence-corrected chi connectivity index (χ4v) is 2.38. The summed E-state index contributed by atoms with van der Waals surface area (Å²) >= 11 is 0. The second kappa shape index (κ2) is 6.48. The predicted molar refractivity (Wildman–Crippen MR) is 80.4 cm³/mol. The number of carbonyl (C=O) groups is 1. The third kappa shape index (κ3) is 3.04. The first-order valence-electron chi connectivity index (χ1n) is 7.10. The largest absolute Gasteiger partial charge is 0.373 e. The van der Waals surface area contributed by atoms with Gasteiger partial charge >= 0.3 is 0 Å². The molecule has 1 atom stereocenters. The van der Waals surface area contributed by atoms with Gasteiger partial charge in [0, 0.05) is 13.6 Å². The van der Waals surface area contributed by atoms with Crippen LogP contribution < -0.4 is 5.32 Å². The predicted octanol–water partition coefficient (Wildman–Crippen LogP) is 1.13. The Morgan fingerprint density at radius 1 is 1.36 bits per heavy atom. The van der Waals surface area contributed by atoms with Crippen LogP contribution in [0, 0.1) is 0 Å². The van der Waals surface area contributed by atoms with Crippen molar-refractivity contribution in [1.82, 2.24) is 20.1 Å². The van der Waals surface area contributed by atoms with E-state index in [2.05, 4.69) is 20.5 Å². The average molecular weight is 299 g/mol. The molecular weight excluding hydrogens is 282 g/mol. The van der Waals surface area contributed by atoms with Gasteiger partial charge in [-0.3, -0.25) is 4.79 Å². The number of hydrogen-bond acceptors (Lipinski definition) is 6. The molecule has 1 aliphatic heterocycles. The lowest BCUT2D eigenvalue weighted by molar-refractivity contribution is -0.0246. The summed E-state index contributed by atoms with van der Waals surface area (Å²) in [4.78, 5) is 18.7. The van der Waals surface area contributed by atoms with Crippen LogP contribution in [-0.2, 0) is 4.74 Å². The van der Waals surface area contributed by atoms with Crippen molar-refractivity contribution in [2.75, 3.05) is 32.1 Å². The van der Waals surface area contributed by atoms with E-state index in [0.717, 1.165) is 11.5 Å². The lowest BCUT2D eigenvalue weighted by Crippen LogP contribution is -2.42. The van der Waals surface area contributed by atoms with Crippen LogP contribution in [0.25, 0.3) is 0 Å². The normalized spacial score (nSPS) is 18.0. The zero-order chi connectivity index (χ0) is 15.4. The van der Waals surface area contributed by atoms with E-state index in [1.165, 1.54) is 12.4 Å². The van der Waals surface area contributed by atoms with Crippen molar-refractivity contribution in [2.24, 2.45) is 0 Å². The zero-order valence-electron chi connectivity index (χ0n) is 12.3. The fourth-order valence-electron chi connectivity index (χ4n) is 2.38. The second-order valence-corrected chi connectivity index (χ2v) is 4.94. The van der Waals surface area contributed by atoms with Gasteiger partial charge in [-0.25, -0.2) is 4.98 Å². The summed E-state index contributed by atoms with van der Waals surface area (Å²) in [5.41, 5.74) is 1.35. The van der Waals surface area contributed by atoms with Crippen LogP contribution in [0.4, 0.5) is 5.82 Å². The SMILES string of the molecule is CNc1cccc(C2CN(C(=O)c3ccnnc3)CCO2)n1. The summed E-state index contributed by atoms with van der Waals surface area (Å²) in [5.74, 6) is 0.718. The number of aromatic nitrogens is 3. The van der Waals surface area contributed by atoms with Gasteiger partial charge in [-0.2, -0.15) is 10.2 Å². The number of hydrogen-bond donors (Lipinski definition) is 1. The molecule has 3 heterocycles. The van der Waals surface area contributed by atoms with Crippen molar-refractivity contribution in [2.45, 2.75) is 6.10 Å². The van der Waals surface area contributed by atoms with Gasteiger partial charge in [0.05, 0.1) is 36.8 Å². The minimum atomic E-state index is -0.221. The van der Waals surface area contributed by atoms with E-state index < -0.39 is 0 Å². The molecule has 2 aromatic rings. The number of carbonyl (C=O) groups excluding carboxylic acids is 1. The first kappa shape index (κ1) is 14.4. The molecule has 3 rings (SSSR count). The van der Waals surface area contributed by atoms with E-state index >= 15 is 0 Å². The number of nitrogens with one attached hydrogen (secondary N) is 1. The number of anilines is 1. The van der Waals surface area contributed by atoms with Crippen LogP contribution in [0.1, 0.15) is 22.2 Å². The summed E-state index contributed by atoms with van der Waals surface area (Å²) in [6, 6.07) is 7.39. The van der Waals surface area contributed by atoms with E-state index in [1.54, 1.807) is 11.0 Å². The van der Waals surface area contributed by atoms with Gasteiger partial charge in [-0.1, -0.05) is 6.07 Å². The third-order valence-corrected chi connectivity index (χ3v) is 3.54. The Bertz CT molecular complexity index is 649. The number of rotatable bonds is 3. The molecule has 0 radical (unpaired) electrons. The molecule has 0 spiro atoms. The van der Waals surface area contributed by atoms with Gasteiger partial charge in [0.25, 0.3) is 5.91 Å². The summed E-state index contributed by atoms with van der Waals surface area (Å²) in [5, 5.41) is 10.4. The summed E-state index contributed by atoms with van der Waals surface area (Å²) in [7, 11) is 1.82. The highest BCUT2D eigenvalue weighted by molar-refractivity contribution is 5.93. The summed E-state index contributed by atoms with van der Waals surface area (Å²) in [6.45, 7) is 1.52. The molecule has 1 amide bonds. The fraction of sp³-hybridized carbons (Fsp3) is 0.333. The van der Waals surface area contributed by atoms with Crippen molar-refractivity contribution < 1.29 is 9.53 Å². The van der Waals surface area contributed by atoms with Crippen LogP contribution in [0.15, 0.2) is 36.7 Å². The van der Waals surface area contributed by atoms with Crippen LogP contribution >= 0.6 is 0 Å². The standard InChI is InChI=1S/C15H17N5O2/c1-16-14-4-2-3-12(19-14)13-10-20(7-8-22-13)15(21)11-5-6-17-18-9-11/h2-6,9,13H,7-8,10H2,1H3,(H,16,19). The molecule has 0 aliphatic carbocycles. The third-order valence-electron chi connectivity index (χ3n) is 3.54. The van der Waals surface area contributed by atoms with Crippen LogP contribution in [-0.4, -0.2) is 52.7 Å².